The van der Waals surface area contributed by atoms with Gasteiger partial charge >= 0.3 is 0 Å². The molecule has 0 atom stereocenters. The van der Waals surface area contributed by atoms with Crippen molar-refractivity contribution < 1.29 is 4.74 Å². The van der Waals surface area contributed by atoms with Crippen molar-refractivity contribution in [3.8, 4) is 5.75 Å². The number of hydrogen-bond acceptors (Lipinski definition) is 3. The van der Waals surface area contributed by atoms with E-state index in [1.165, 1.54) is 0 Å². The van der Waals surface area contributed by atoms with E-state index in [0.29, 0.717) is 5.02 Å². The van der Waals surface area contributed by atoms with Gasteiger partial charge in [0.1, 0.15) is 5.75 Å². The fraction of sp³-hybridized carbons (Fsp3) is 0.0769. The largest absolute Gasteiger partial charge is 0.497 e. The Bertz CT molecular complexity index is 485. The molecule has 0 unspecified atom stereocenters. The van der Waals surface area contributed by atoms with Crippen LogP contribution in [-0.2, 0) is 0 Å². The van der Waals surface area contributed by atoms with Crippen molar-refractivity contribution in [2.75, 3.05) is 18.0 Å². The minimum absolute atomic E-state index is 0.675. The minimum atomic E-state index is 0.675. The molecule has 0 fully saturated rings. The molecule has 0 radical (unpaired) electrons. The molecule has 0 aromatic heterocycles. The average Bonchev–Trinajstić information content (AvgIpc) is 2.38. The van der Waals surface area contributed by atoms with Crippen LogP contribution in [0.3, 0.4) is 0 Å². The molecular weight excluding hydrogens is 236 g/mol. The number of ether oxygens (including phenoxy) is 1. The van der Waals surface area contributed by atoms with Crippen molar-refractivity contribution in [1.29, 1.82) is 0 Å². The summed E-state index contributed by atoms with van der Waals surface area (Å²) in [6.45, 7) is 0. The van der Waals surface area contributed by atoms with Gasteiger partial charge in [0, 0.05) is 0 Å². The monoisotopic (exact) mass is 248 g/mol. The number of hydrazine groups is 1. The number of para-hydroxylation sites is 1. The van der Waals surface area contributed by atoms with Crippen LogP contribution in [0.4, 0.5) is 11.4 Å². The van der Waals surface area contributed by atoms with Gasteiger partial charge in [0.15, 0.2) is 0 Å². The van der Waals surface area contributed by atoms with Crippen LogP contribution in [0, 0.1) is 0 Å². The first-order valence-electron chi connectivity index (χ1n) is 5.20. The molecular formula is C13H13ClN2O. The van der Waals surface area contributed by atoms with Crippen molar-refractivity contribution in [3.63, 3.8) is 0 Å². The molecule has 17 heavy (non-hydrogen) atoms. The van der Waals surface area contributed by atoms with Crippen LogP contribution < -0.4 is 15.6 Å². The van der Waals surface area contributed by atoms with E-state index < -0.39 is 0 Å². The highest BCUT2D eigenvalue weighted by Gasteiger charge is 1.97. The summed E-state index contributed by atoms with van der Waals surface area (Å²) in [4.78, 5) is 0. The minimum Gasteiger partial charge on any atom is -0.497 e. The average molecular weight is 249 g/mol. The zero-order valence-corrected chi connectivity index (χ0v) is 10.2. The summed E-state index contributed by atoms with van der Waals surface area (Å²) in [6.07, 6.45) is 0. The Morgan fingerprint density at radius 2 is 1.65 bits per heavy atom. The van der Waals surface area contributed by atoms with Gasteiger partial charge < -0.3 is 10.2 Å². The Kier molecular flexibility index (Phi) is 3.73. The summed E-state index contributed by atoms with van der Waals surface area (Å²) in [7, 11) is 1.64. The first-order valence-corrected chi connectivity index (χ1v) is 5.58. The standard InChI is InChI=1S/C13H13ClN2O/c1-17-11-8-6-10(7-9-11)15-16-13-5-3-2-4-12(13)14/h2-9,15-16H,1H3. The smallest absolute Gasteiger partial charge is 0.119 e. The summed E-state index contributed by atoms with van der Waals surface area (Å²) in [6, 6.07) is 15.2. The number of anilines is 2. The van der Waals surface area contributed by atoms with Gasteiger partial charge in [-0.2, -0.15) is 0 Å². The number of halogens is 1. The Hall–Kier alpha value is -1.87. The summed E-state index contributed by atoms with van der Waals surface area (Å²) in [5.41, 5.74) is 7.88. The number of benzene rings is 2. The fourth-order valence-electron chi connectivity index (χ4n) is 1.38. The maximum Gasteiger partial charge on any atom is 0.119 e. The number of nitrogens with one attached hydrogen (secondary N) is 2. The van der Waals surface area contributed by atoms with Crippen LogP contribution in [0.1, 0.15) is 0 Å². The molecule has 4 heteroatoms. The van der Waals surface area contributed by atoms with Gasteiger partial charge in [-0.05, 0) is 36.4 Å². The van der Waals surface area contributed by atoms with Crippen LogP contribution in [-0.4, -0.2) is 7.11 Å². The van der Waals surface area contributed by atoms with E-state index in [2.05, 4.69) is 10.9 Å². The third-order valence-electron chi connectivity index (χ3n) is 2.31. The van der Waals surface area contributed by atoms with E-state index in [1.807, 2.05) is 48.5 Å². The fourth-order valence-corrected chi connectivity index (χ4v) is 1.56. The topological polar surface area (TPSA) is 33.3 Å². The highest BCUT2D eigenvalue weighted by atomic mass is 35.5. The lowest BCUT2D eigenvalue weighted by Crippen LogP contribution is -2.08. The number of methoxy groups -OCH3 is 1. The van der Waals surface area contributed by atoms with E-state index in [9.17, 15) is 0 Å². The molecule has 0 saturated carbocycles. The Morgan fingerprint density at radius 1 is 0.941 bits per heavy atom. The van der Waals surface area contributed by atoms with Crippen LogP contribution in [0.5, 0.6) is 5.75 Å². The first kappa shape index (κ1) is 11.6. The molecule has 0 saturated heterocycles. The molecule has 0 bridgehead atoms. The molecule has 2 rings (SSSR count). The van der Waals surface area contributed by atoms with Gasteiger partial charge in [0.25, 0.3) is 0 Å². The molecule has 0 heterocycles. The lowest BCUT2D eigenvalue weighted by Gasteiger charge is -2.11. The highest BCUT2D eigenvalue weighted by Crippen LogP contribution is 2.21. The third kappa shape index (κ3) is 3.04. The van der Waals surface area contributed by atoms with Crippen molar-refractivity contribution >= 4 is 23.0 Å². The molecule has 88 valence electrons. The molecule has 3 nitrogen and oxygen atoms in total. The van der Waals surface area contributed by atoms with Crippen LogP contribution in [0.2, 0.25) is 5.02 Å². The molecule has 0 spiro atoms. The molecule has 0 amide bonds. The second kappa shape index (κ2) is 5.46. The lowest BCUT2D eigenvalue weighted by atomic mass is 10.3. The predicted molar refractivity (Wildman–Crippen MR) is 71.7 cm³/mol. The second-order valence-corrected chi connectivity index (χ2v) is 3.87. The van der Waals surface area contributed by atoms with Crippen molar-refractivity contribution in [2.45, 2.75) is 0 Å². The van der Waals surface area contributed by atoms with Crippen molar-refractivity contribution in [2.24, 2.45) is 0 Å². The van der Waals surface area contributed by atoms with Gasteiger partial charge in [-0.25, -0.2) is 0 Å². The zero-order valence-electron chi connectivity index (χ0n) is 9.41. The van der Waals surface area contributed by atoms with Crippen LogP contribution in [0.15, 0.2) is 48.5 Å². The number of hydrogen-bond donors (Lipinski definition) is 2. The summed E-state index contributed by atoms with van der Waals surface area (Å²) in [5, 5.41) is 0.675. The van der Waals surface area contributed by atoms with Crippen LogP contribution >= 0.6 is 11.6 Å². The quantitative estimate of drug-likeness (QED) is 0.808. The van der Waals surface area contributed by atoms with Crippen LogP contribution in [0.25, 0.3) is 0 Å². The van der Waals surface area contributed by atoms with Gasteiger partial charge in [-0.15, -0.1) is 0 Å². The third-order valence-corrected chi connectivity index (χ3v) is 2.63. The van der Waals surface area contributed by atoms with E-state index in [-0.39, 0.29) is 0 Å². The van der Waals surface area contributed by atoms with E-state index in [4.69, 9.17) is 16.3 Å². The molecule has 0 aliphatic heterocycles. The van der Waals surface area contributed by atoms with E-state index in [0.717, 1.165) is 17.1 Å². The Morgan fingerprint density at radius 3 is 2.29 bits per heavy atom. The lowest BCUT2D eigenvalue weighted by molar-refractivity contribution is 0.415. The second-order valence-electron chi connectivity index (χ2n) is 3.46. The molecule has 0 aliphatic rings. The summed E-state index contributed by atoms with van der Waals surface area (Å²) < 4.78 is 5.08. The maximum atomic E-state index is 6.02. The van der Waals surface area contributed by atoms with Crippen molar-refractivity contribution in [3.05, 3.63) is 53.6 Å². The Balaban J connectivity index is 2.00. The molecule has 0 aliphatic carbocycles. The molecule has 2 aromatic carbocycles. The molecule has 2 N–H and O–H groups in total. The SMILES string of the molecule is COc1ccc(NNc2ccccc2Cl)cc1. The highest BCUT2D eigenvalue weighted by molar-refractivity contribution is 6.33. The van der Waals surface area contributed by atoms with Gasteiger partial charge in [0.2, 0.25) is 0 Å². The van der Waals surface area contributed by atoms with Gasteiger partial charge in [-0.3, -0.25) is 5.43 Å². The van der Waals surface area contributed by atoms with Crippen molar-refractivity contribution in [1.82, 2.24) is 0 Å². The predicted octanol–water partition coefficient (Wildman–Crippen LogP) is 3.79. The molecule has 2 aromatic rings. The summed E-state index contributed by atoms with van der Waals surface area (Å²) >= 11 is 6.02. The Labute approximate surface area is 105 Å². The van der Waals surface area contributed by atoms with Gasteiger partial charge in [0.05, 0.1) is 23.5 Å². The van der Waals surface area contributed by atoms with E-state index >= 15 is 0 Å². The first-order chi connectivity index (χ1) is 8.29. The number of rotatable bonds is 4. The zero-order chi connectivity index (χ0) is 12.1. The normalized spacial score (nSPS) is 9.76. The maximum absolute atomic E-state index is 6.02. The van der Waals surface area contributed by atoms with E-state index in [1.54, 1.807) is 7.11 Å². The summed E-state index contributed by atoms with van der Waals surface area (Å²) in [5.74, 6) is 0.827. The van der Waals surface area contributed by atoms with Gasteiger partial charge in [-0.1, -0.05) is 23.7 Å².